The quantitative estimate of drug-likeness (QED) is 0.824. The van der Waals surface area contributed by atoms with Crippen molar-refractivity contribution in [1.82, 2.24) is 5.32 Å². The Labute approximate surface area is 133 Å². The zero-order valence-corrected chi connectivity index (χ0v) is 12.9. The predicted molar refractivity (Wildman–Crippen MR) is 87.4 cm³/mol. The number of benzene rings is 2. The van der Waals surface area contributed by atoms with Gasteiger partial charge in [0.05, 0.1) is 5.75 Å². The predicted octanol–water partition coefficient (Wildman–Crippen LogP) is 3.12. The number of nitrogens with one attached hydrogen (secondary N) is 1. The summed E-state index contributed by atoms with van der Waals surface area (Å²) in [4.78, 5) is 11.7. The van der Waals surface area contributed by atoms with Gasteiger partial charge in [-0.1, -0.05) is 24.3 Å². The minimum atomic E-state index is -0.256. The van der Waals surface area contributed by atoms with Crippen LogP contribution in [0.5, 0.6) is 5.75 Å². The zero-order chi connectivity index (χ0) is 15.8. The van der Waals surface area contributed by atoms with Crippen molar-refractivity contribution in [2.45, 2.75) is 12.2 Å². The SMILES string of the molecule is O=C(CSCc1cccc(F)c1)NCCc1cccc(O)c1. The molecule has 0 aromatic heterocycles. The van der Waals surface area contributed by atoms with Gasteiger partial charge in [-0.05, 0) is 41.8 Å². The van der Waals surface area contributed by atoms with Gasteiger partial charge in [-0.25, -0.2) is 4.39 Å². The van der Waals surface area contributed by atoms with Gasteiger partial charge in [0.15, 0.2) is 0 Å². The van der Waals surface area contributed by atoms with E-state index < -0.39 is 0 Å². The number of hydrogen-bond acceptors (Lipinski definition) is 3. The van der Waals surface area contributed by atoms with Crippen LogP contribution in [-0.2, 0) is 17.0 Å². The first-order valence-corrected chi connectivity index (χ1v) is 8.16. The summed E-state index contributed by atoms with van der Waals surface area (Å²) in [5.74, 6) is 0.888. The molecule has 2 aromatic rings. The second kappa shape index (κ2) is 8.44. The molecule has 0 aliphatic heterocycles. The van der Waals surface area contributed by atoms with E-state index in [9.17, 15) is 14.3 Å². The fourth-order valence-electron chi connectivity index (χ4n) is 2.00. The molecule has 0 fully saturated rings. The highest BCUT2D eigenvalue weighted by molar-refractivity contribution is 7.99. The van der Waals surface area contributed by atoms with Gasteiger partial charge in [0.2, 0.25) is 5.91 Å². The molecule has 0 heterocycles. The fraction of sp³-hybridized carbons (Fsp3) is 0.235. The molecule has 0 aliphatic carbocycles. The van der Waals surface area contributed by atoms with Gasteiger partial charge in [-0.2, -0.15) is 0 Å². The highest BCUT2D eigenvalue weighted by Crippen LogP contribution is 2.13. The molecule has 0 bridgehead atoms. The fourth-order valence-corrected chi connectivity index (χ4v) is 2.80. The number of aromatic hydroxyl groups is 1. The van der Waals surface area contributed by atoms with Crippen molar-refractivity contribution in [3.05, 3.63) is 65.5 Å². The highest BCUT2D eigenvalue weighted by Gasteiger charge is 2.03. The number of thioether (sulfide) groups is 1. The van der Waals surface area contributed by atoms with Gasteiger partial charge in [0.1, 0.15) is 11.6 Å². The lowest BCUT2D eigenvalue weighted by Gasteiger charge is -2.06. The van der Waals surface area contributed by atoms with Crippen molar-refractivity contribution < 1.29 is 14.3 Å². The molecular formula is C17H18FNO2S. The van der Waals surface area contributed by atoms with Crippen LogP contribution in [-0.4, -0.2) is 23.3 Å². The summed E-state index contributed by atoms with van der Waals surface area (Å²) in [6, 6.07) is 13.4. The van der Waals surface area contributed by atoms with Crippen LogP contribution < -0.4 is 5.32 Å². The van der Waals surface area contributed by atoms with Gasteiger partial charge in [0.25, 0.3) is 0 Å². The van der Waals surface area contributed by atoms with E-state index in [2.05, 4.69) is 5.32 Å². The summed E-state index contributed by atoms with van der Waals surface area (Å²) in [5.41, 5.74) is 1.85. The van der Waals surface area contributed by atoms with Gasteiger partial charge in [0, 0.05) is 12.3 Å². The molecule has 0 saturated carbocycles. The maximum Gasteiger partial charge on any atom is 0.230 e. The van der Waals surface area contributed by atoms with E-state index in [1.807, 2.05) is 12.1 Å². The molecule has 22 heavy (non-hydrogen) atoms. The Morgan fingerprint density at radius 1 is 1.14 bits per heavy atom. The zero-order valence-electron chi connectivity index (χ0n) is 12.1. The van der Waals surface area contributed by atoms with Crippen LogP contribution in [0.15, 0.2) is 48.5 Å². The Morgan fingerprint density at radius 2 is 1.91 bits per heavy atom. The third-order valence-electron chi connectivity index (χ3n) is 3.04. The first-order chi connectivity index (χ1) is 10.6. The van der Waals surface area contributed by atoms with E-state index in [-0.39, 0.29) is 17.5 Å². The summed E-state index contributed by atoms with van der Waals surface area (Å²) >= 11 is 1.45. The number of carbonyl (C=O) groups is 1. The smallest absolute Gasteiger partial charge is 0.230 e. The molecule has 2 N–H and O–H groups in total. The summed E-state index contributed by atoms with van der Waals surface area (Å²) in [5, 5.41) is 12.2. The minimum absolute atomic E-state index is 0.0402. The van der Waals surface area contributed by atoms with E-state index in [0.717, 1.165) is 11.1 Å². The van der Waals surface area contributed by atoms with Gasteiger partial charge in [-0.3, -0.25) is 4.79 Å². The Balaban J connectivity index is 1.64. The molecular weight excluding hydrogens is 301 g/mol. The largest absolute Gasteiger partial charge is 0.508 e. The summed E-state index contributed by atoms with van der Waals surface area (Å²) in [7, 11) is 0. The molecule has 0 unspecified atom stereocenters. The molecule has 2 rings (SSSR count). The second-order valence-corrected chi connectivity index (χ2v) is 5.88. The van der Waals surface area contributed by atoms with Gasteiger partial charge >= 0.3 is 0 Å². The third-order valence-corrected chi connectivity index (χ3v) is 4.04. The monoisotopic (exact) mass is 319 g/mol. The van der Waals surface area contributed by atoms with Crippen LogP contribution in [0, 0.1) is 5.82 Å². The van der Waals surface area contributed by atoms with Crippen molar-refractivity contribution in [2.24, 2.45) is 0 Å². The third kappa shape index (κ3) is 5.77. The molecule has 5 heteroatoms. The van der Waals surface area contributed by atoms with E-state index in [4.69, 9.17) is 0 Å². The number of halogens is 1. The van der Waals surface area contributed by atoms with Crippen LogP contribution in [0.3, 0.4) is 0 Å². The molecule has 116 valence electrons. The van der Waals surface area contributed by atoms with Crippen molar-refractivity contribution in [3.63, 3.8) is 0 Å². The normalized spacial score (nSPS) is 10.4. The topological polar surface area (TPSA) is 49.3 Å². The number of amides is 1. The molecule has 2 aromatic carbocycles. The lowest BCUT2D eigenvalue weighted by Crippen LogP contribution is -2.27. The van der Waals surface area contributed by atoms with E-state index in [1.54, 1.807) is 24.3 Å². The molecule has 0 aliphatic rings. The van der Waals surface area contributed by atoms with E-state index >= 15 is 0 Å². The van der Waals surface area contributed by atoms with E-state index in [1.165, 1.54) is 23.9 Å². The van der Waals surface area contributed by atoms with Crippen LogP contribution in [0.4, 0.5) is 4.39 Å². The van der Waals surface area contributed by atoms with Crippen molar-refractivity contribution >= 4 is 17.7 Å². The Kier molecular flexibility index (Phi) is 6.27. The number of hydrogen-bond donors (Lipinski definition) is 2. The van der Waals surface area contributed by atoms with Crippen molar-refractivity contribution in [2.75, 3.05) is 12.3 Å². The van der Waals surface area contributed by atoms with Crippen LogP contribution in [0.2, 0.25) is 0 Å². The number of phenols is 1. The van der Waals surface area contributed by atoms with Crippen LogP contribution >= 0.6 is 11.8 Å². The molecule has 1 amide bonds. The summed E-state index contributed by atoms with van der Waals surface area (Å²) < 4.78 is 13.0. The average molecular weight is 319 g/mol. The minimum Gasteiger partial charge on any atom is -0.508 e. The van der Waals surface area contributed by atoms with Crippen molar-refractivity contribution in [3.8, 4) is 5.75 Å². The lowest BCUT2D eigenvalue weighted by molar-refractivity contribution is -0.118. The molecule has 0 radical (unpaired) electrons. The first kappa shape index (κ1) is 16.4. The number of rotatable bonds is 7. The Hall–Kier alpha value is -2.01. The standard InChI is InChI=1S/C17H18FNO2S/c18-15-5-1-4-14(9-15)11-22-12-17(21)19-8-7-13-3-2-6-16(20)10-13/h1-6,9-10,20H,7-8,11-12H2,(H,19,21). The lowest BCUT2D eigenvalue weighted by atomic mass is 10.1. The first-order valence-electron chi connectivity index (χ1n) is 7.00. The highest BCUT2D eigenvalue weighted by atomic mass is 32.2. The molecule has 0 saturated heterocycles. The maximum atomic E-state index is 13.0. The average Bonchev–Trinajstić information content (AvgIpc) is 2.47. The second-order valence-electron chi connectivity index (χ2n) is 4.89. The maximum absolute atomic E-state index is 13.0. The molecule has 0 spiro atoms. The Morgan fingerprint density at radius 3 is 2.68 bits per heavy atom. The number of carbonyl (C=O) groups excluding carboxylic acids is 1. The van der Waals surface area contributed by atoms with E-state index in [0.29, 0.717) is 24.5 Å². The Bertz CT molecular complexity index is 580. The van der Waals surface area contributed by atoms with Gasteiger partial charge < -0.3 is 10.4 Å². The van der Waals surface area contributed by atoms with Crippen molar-refractivity contribution in [1.29, 1.82) is 0 Å². The number of phenolic OH excluding ortho intramolecular Hbond substituents is 1. The molecule has 3 nitrogen and oxygen atoms in total. The van der Waals surface area contributed by atoms with Crippen LogP contribution in [0.1, 0.15) is 11.1 Å². The van der Waals surface area contributed by atoms with Crippen LogP contribution in [0.25, 0.3) is 0 Å². The van der Waals surface area contributed by atoms with Gasteiger partial charge in [-0.15, -0.1) is 11.8 Å². The summed E-state index contributed by atoms with van der Waals surface area (Å²) in [6.07, 6.45) is 0.675. The summed E-state index contributed by atoms with van der Waals surface area (Å²) in [6.45, 7) is 0.531. The molecule has 0 atom stereocenters.